The molecular formula is C35H36O4. The number of carbonyl (C=O) groups is 2. The fourth-order valence-corrected chi connectivity index (χ4v) is 7.62. The third kappa shape index (κ3) is 4.20. The Morgan fingerprint density at radius 1 is 0.564 bits per heavy atom. The van der Waals surface area contributed by atoms with E-state index in [0.29, 0.717) is 17.4 Å². The summed E-state index contributed by atoms with van der Waals surface area (Å²) >= 11 is 0. The molecule has 2 bridgehead atoms. The van der Waals surface area contributed by atoms with E-state index >= 15 is 0 Å². The van der Waals surface area contributed by atoms with Gasteiger partial charge in [-0.15, -0.1) is 0 Å². The van der Waals surface area contributed by atoms with Gasteiger partial charge in [-0.3, -0.25) is 9.59 Å². The third-order valence-corrected chi connectivity index (χ3v) is 9.73. The topological polar surface area (TPSA) is 52.6 Å². The summed E-state index contributed by atoms with van der Waals surface area (Å²) in [5.74, 6) is 1.42. The molecule has 0 spiro atoms. The van der Waals surface area contributed by atoms with Crippen LogP contribution in [0.4, 0.5) is 0 Å². The summed E-state index contributed by atoms with van der Waals surface area (Å²) in [6.07, 6.45) is 9.06. The Labute approximate surface area is 230 Å². The van der Waals surface area contributed by atoms with E-state index in [-0.39, 0.29) is 35.6 Å². The van der Waals surface area contributed by atoms with Crippen LogP contribution in [0.3, 0.4) is 0 Å². The quantitative estimate of drug-likeness (QED) is 0.179. The summed E-state index contributed by atoms with van der Waals surface area (Å²) < 4.78 is 12.5. The summed E-state index contributed by atoms with van der Waals surface area (Å²) in [5, 5.41) is 0. The minimum Gasteiger partial charge on any atom is -0.426 e. The lowest BCUT2D eigenvalue weighted by molar-refractivity contribution is -0.141. The molecule has 0 aliphatic heterocycles. The molecule has 5 aliphatic carbocycles. The van der Waals surface area contributed by atoms with Crippen LogP contribution in [0.2, 0.25) is 0 Å². The minimum atomic E-state index is -0.126. The van der Waals surface area contributed by atoms with Gasteiger partial charge in [0.05, 0.1) is 11.8 Å². The summed E-state index contributed by atoms with van der Waals surface area (Å²) in [5.41, 5.74) is 6.95. The maximum atomic E-state index is 13.4. The monoisotopic (exact) mass is 520 g/mol. The highest BCUT2D eigenvalue weighted by Gasteiger charge is 2.45. The molecule has 0 heterocycles. The first-order valence-electron chi connectivity index (χ1n) is 14.9. The van der Waals surface area contributed by atoms with Gasteiger partial charge in [-0.1, -0.05) is 74.7 Å². The third-order valence-electron chi connectivity index (χ3n) is 9.73. The summed E-state index contributed by atoms with van der Waals surface area (Å²) in [6, 6.07) is 20.9. The van der Waals surface area contributed by atoms with Gasteiger partial charge in [-0.2, -0.15) is 0 Å². The van der Waals surface area contributed by atoms with E-state index in [1.54, 1.807) is 0 Å². The van der Waals surface area contributed by atoms with Gasteiger partial charge >= 0.3 is 11.9 Å². The number of esters is 2. The lowest BCUT2D eigenvalue weighted by Gasteiger charge is -2.43. The van der Waals surface area contributed by atoms with E-state index in [1.165, 1.54) is 28.7 Å². The molecule has 200 valence electrons. The summed E-state index contributed by atoms with van der Waals surface area (Å²) in [7, 11) is 0. The molecule has 3 aromatic carbocycles. The van der Waals surface area contributed by atoms with Crippen molar-refractivity contribution in [2.24, 2.45) is 17.8 Å². The molecule has 0 atom stereocenters. The first-order valence-corrected chi connectivity index (χ1v) is 14.9. The highest BCUT2D eigenvalue weighted by atomic mass is 16.5. The predicted molar refractivity (Wildman–Crippen MR) is 150 cm³/mol. The number of hydrogen-bond donors (Lipinski definition) is 0. The lowest BCUT2D eigenvalue weighted by atomic mass is 9.60. The van der Waals surface area contributed by atoms with Crippen molar-refractivity contribution in [3.05, 3.63) is 94.0 Å². The first-order chi connectivity index (χ1) is 19.1. The minimum absolute atomic E-state index is 0.0408. The Bertz CT molecular complexity index is 1380. The van der Waals surface area contributed by atoms with Crippen molar-refractivity contribution in [1.29, 1.82) is 0 Å². The SMILES string of the molecule is CC1CCC(C(=O)Oc2ccc(OC(=O)C3CCCCC3)c3c2C2c4ccccc4C3c3ccccc32)CC1. The van der Waals surface area contributed by atoms with Crippen LogP contribution in [0.5, 0.6) is 11.5 Å². The summed E-state index contributed by atoms with van der Waals surface area (Å²) in [6.45, 7) is 2.26. The van der Waals surface area contributed by atoms with Crippen LogP contribution in [0.1, 0.15) is 110 Å². The molecular weight excluding hydrogens is 484 g/mol. The second-order valence-corrected chi connectivity index (χ2v) is 12.1. The molecule has 5 aliphatic rings. The second-order valence-electron chi connectivity index (χ2n) is 12.1. The van der Waals surface area contributed by atoms with Gasteiger partial charge in [0, 0.05) is 23.0 Å². The summed E-state index contributed by atoms with van der Waals surface area (Å²) in [4.78, 5) is 26.8. The van der Waals surface area contributed by atoms with E-state index < -0.39 is 0 Å². The molecule has 3 aromatic rings. The van der Waals surface area contributed by atoms with Crippen LogP contribution >= 0.6 is 0 Å². The number of carbonyl (C=O) groups excluding carboxylic acids is 2. The molecule has 0 amide bonds. The standard InChI is InChI=1S/C35H36O4/c1-21-15-17-23(18-16-21)35(37)39-29-20-19-28(38-34(36)22-9-3-2-4-10-22)32-30-24-11-5-7-13-26(24)31(33(29)32)27-14-8-6-12-25(27)30/h5-8,11-14,19-23,30-31H,2-4,9-10,15-18H2,1H3. The van der Waals surface area contributed by atoms with E-state index in [9.17, 15) is 9.59 Å². The zero-order chi connectivity index (χ0) is 26.5. The van der Waals surface area contributed by atoms with Crippen molar-refractivity contribution in [2.45, 2.75) is 76.5 Å². The molecule has 0 radical (unpaired) electrons. The predicted octanol–water partition coefficient (Wildman–Crippen LogP) is 7.89. The van der Waals surface area contributed by atoms with Gasteiger partial charge in [0.15, 0.2) is 0 Å². The van der Waals surface area contributed by atoms with Crippen molar-refractivity contribution in [3.63, 3.8) is 0 Å². The zero-order valence-electron chi connectivity index (χ0n) is 22.7. The molecule has 2 saturated carbocycles. The smallest absolute Gasteiger partial charge is 0.314 e. The zero-order valence-corrected chi connectivity index (χ0v) is 22.7. The number of hydrogen-bond acceptors (Lipinski definition) is 4. The normalized spacial score (nSPS) is 25.3. The Hall–Kier alpha value is -3.40. The van der Waals surface area contributed by atoms with E-state index in [1.807, 2.05) is 12.1 Å². The van der Waals surface area contributed by atoms with Gasteiger partial charge in [0.1, 0.15) is 11.5 Å². The Balaban J connectivity index is 1.33. The van der Waals surface area contributed by atoms with Crippen LogP contribution in [0.25, 0.3) is 0 Å². The Kier molecular flexibility index (Phi) is 6.29. The molecule has 0 unspecified atom stereocenters. The molecule has 0 N–H and O–H groups in total. The maximum absolute atomic E-state index is 13.4. The Morgan fingerprint density at radius 3 is 1.41 bits per heavy atom. The molecule has 4 nitrogen and oxygen atoms in total. The molecule has 0 saturated heterocycles. The number of ether oxygens (including phenoxy) is 2. The lowest BCUT2D eigenvalue weighted by Crippen LogP contribution is -2.31. The van der Waals surface area contributed by atoms with Crippen LogP contribution in [-0.2, 0) is 9.59 Å². The average Bonchev–Trinajstić information content (AvgIpc) is 2.98. The molecule has 0 aromatic heterocycles. The van der Waals surface area contributed by atoms with Crippen molar-refractivity contribution in [1.82, 2.24) is 0 Å². The Morgan fingerprint density at radius 2 is 0.974 bits per heavy atom. The van der Waals surface area contributed by atoms with Gasteiger partial charge in [-0.25, -0.2) is 0 Å². The molecule has 4 heteroatoms. The second kappa shape index (κ2) is 9.97. The van der Waals surface area contributed by atoms with Crippen LogP contribution in [0.15, 0.2) is 60.7 Å². The van der Waals surface area contributed by atoms with E-state index in [0.717, 1.165) is 62.5 Å². The van der Waals surface area contributed by atoms with Crippen molar-refractivity contribution in [2.75, 3.05) is 0 Å². The first kappa shape index (κ1) is 24.6. The van der Waals surface area contributed by atoms with E-state index in [2.05, 4.69) is 55.5 Å². The van der Waals surface area contributed by atoms with Crippen molar-refractivity contribution < 1.29 is 19.1 Å². The van der Waals surface area contributed by atoms with Crippen molar-refractivity contribution in [3.8, 4) is 11.5 Å². The van der Waals surface area contributed by atoms with Gasteiger partial charge in [0.25, 0.3) is 0 Å². The largest absolute Gasteiger partial charge is 0.426 e. The fraction of sp³-hybridized carbons (Fsp3) is 0.429. The highest BCUT2D eigenvalue weighted by Crippen LogP contribution is 2.60. The van der Waals surface area contributed by atoms with Crippen molar-refractivity contribution >= 4 is 11.9 Å². The van der Waals surface area contributed by atoms with Gasteiger partial charge in [0.2, 0.25) is 0 Å². The van der Waals surface area contributed by atoms with Gasteiger partial charge < -0.3 is 9.47 Å². The average molecular weight is 521 g/mol. The molecule has 39 heavy (non-hydrogen) atoms. The number of benzene rings is 3. The highest BCUT2D eigenvalue weighted by molar-refractivity contribution is 5.81. The van der Waals surface area contributed by atoms with E-state index in [4.69, 9.17) is 9.47 Å². The van der Waals surface area contributed by atoms with Crippen LogP contribution in [-0.4, -0.2) is 11.9 Å². The van der Waals surface area contributed by atoms with Crippen LogP contribution in [0, 0.1) is 17.8 Å². The number of rotatable bonds is 4. The molecule has 8 rings (SSSR count). The maximum Gasteiger partial charge on any atom is 0.314 e. The fourth-order valence-electron chi connectivity index (χ4n) is 7.62. The van der Waals surface area contributed by atoms with Crippen LogP contribution < -0.4 is 9.47 Å². The van der Waals surface area contributed by atoms with Gasteiger partial charge in [-0.05, 0) is 78.8 Å². The molecule has 2 fully saturated rings.